The number of nitrogens with one attached hydrogen (secondary N) is 2. The lowest BCUT2D eigenvalue weighted by atomic mass is 9.97. The quantitative estimate of drug-likeness (QED) is 0.0582. The summed E-state index contributed by atoms with van der Waals surface area (Å²) in [6, 6.07) is -0.867. The summed E-state index contributed by atoms with van der Waals surface area (Å²) in [6.45, 7) is 4.06. The summed E-state index contributed by atoms with van der Waals surface area (Å²) in [7, 11) is 5.34. The van der Waals surface area contributed by atoms with Crippen molar-refractivity contribution in [3.63, 3.8) is 0 Å². The number of carboxylic acids is 2. The van der Waals surface area contributed by atoms with Crippen molar-refractivity contribution in [2.75, 3.05) is 54.4 Å². The lowest BCUT2D eigenvalue weighted by molar-refractivity contribution is -0.261. The fourth-order valence-corrected chi connectivity index (χ4v) is 10.3. The molecule has 0 saturated carbocycles. The molecule has 14 N–H and O–H groups in total. The van der Waals surface area contributed by atoms with Gasteiger partial charge in [0.15, 0.2) is 25.0 Å². The summed E-state index contributed by atoms with van der Waals surface area (Å²) in [5, 5.41) is 117. The molecule has 6 aliphatic rings. The Morgan fingerprint density at radius 1 is 0.635 bits per heavy atom. The van der Waals surface area contributed by atoms with Crippen molar-refractivity contribution >= 4 is 29.8 Å². The first kappa shape index (κ1) is 65.8. The predicted molar refractivity (Wildman–Crippen MR) is 278 cm³/mol. The van der Waals surface area contributed by atoms with Crippen LogP contribution in [0.2, 0.25) is 0 Å². The monoisotopic (exact) mass is 1210 g/mol. The number of rotatable bonds is 15. The Bertz CT molecular complexity index is 3110. The maximum atomic E-state index is 13.8. The lowest BCUT2D eigenvalue weighted by Crippen LogP contribution is -2.59. The number of carbonyl (C=O) groups is 4. The molecule has 472 valence electrons. The average molecular weight is 1210 g/mol. The number of amides is 2. The first-order valence-corrected chi connectivity index (χ1v) is 26.2. The summed E-state index contributed by atoms with van der Waals surface area (Å²) >= 11 is 0. The minimum Gasteiger partial charge on any atom is -0.595 e. The molecule has 0 radical (unpaired) electrons. The number of likely N-dealkylation sites (N-methyl/N-ethyl adjacent to an activating group) is 4. The van der Waals surface area contributed by atoms with Crippen LogP contribution in [0.25, 0.3) is 0 Å². The van der Waals surface area contributed by atoms with Gasteiger partial charge in [-0.25, -0.2) is 19.2 Å². The van der Waals surface area contributed by atoms with Gasteiger partial charge < -0.3 is 105 Å². The van der Waals surface area contributed by atoms with Crippen molar-refractivity contribution in [2.45, 2.75) is 149 Å². The van der Waals surface area contributed by atoms with E-state index in [1.807, 2.05) is 9.97 Å². The van der Waals surface area contributed by atoms with Gasteiger partial charge in [-0.05, 0) is 26.2 Å². The second kappa shape index (κ2) is 26.5. The van der Waals surface area contributed by atoms with Crippen LogP contribution in [-0.4, -0.2) is 290 Å². The lowest BCUT2D eigenvalue weighted by Gasteiger charge is -2.38. The largest absolute Gasteiger partial charge is 0.595 e. The summed E-state index contributed by atoms with van der Waals surface area (Å²) in [6.07, 6.45) is -25.2. The number of ether oxygens (including phenoxy) is 7. The van der Waals surface area contributed by atoms with Gasteiger partial charge >= 0.3 is 23.3 Å². The predicted octanol–water partition coefficient (Wildman–Crippen LogP) is -10.1. The van der Waals surface area contributed by atoms with Crippen molar-refractivity contribution < 1.29 is 109 Å². The van der Waals surface area contributed by atoms with Crippen LogP contribution in [-0.2, 0) is 52.3 Å². The molecule has 4 saturated heterocycles. The molecular formula is C49H69N10O26-. The number of aliphatic hydroxyl groups is 8. The molecule has 4 fully saturated rings. The Hall–Kier alpha value is -6.69. The second-order valence-electron chi connectivity index (χ2n) is 21.6. The number of aliphatic imine (C=N–C) groups is 1. The SMILES string of the molecule is CN1C(=O)[C@H]([C@H](OC2OC(CN)C(O)C2O)C2OC(n3ccc(=O)[nH]c3=O)C(O)C2O)N(C)CC=C1C(=O)O.CN1C(=O)[C@H]([C@H](OC2OC(CN=C([O-])OC(C)(C)C)C(O)C2O)C2OC(n3ccc(=O)[nH]c3=O)C(O)C2O)N(C)CC=C1C(=O)O. The van der Waals surface area contributed by atoms with Crippen molar-refractivity contribution in [1.29, 1.82) is 0 Å². The van der Waals surface area contributed by atoms with Gasteiger partial charge in [-0.1, -0.05) is 20.8 Å². The van der Waals surface area contributed by atoms with Crippen molar-refractivity contribution in [3.8, 4) is 0 Å². The molecule has 36 nitrogen and oxygen atoms in total. The number of carbonyl (C=O) groups excluding carboxylic acids is 2. The Labute approximate surface area is 479 Å². The molecule has 0 bridgehead atoms. The van der Waals surface area contributed by atoms with E-state index in [4.69, 9.17) is 38.9 Å². The van der Waals surface area contributed by atoms with Crippen molar-refractivity contribution in [3.05, 3.63) is 89.7 Å². The van der Waals surface area contributed by atoms with E-state index in [2.05, 4.69) is 4.99 Å². The number of hydrogen-bond donors (Lipinski definition) is 13. The number of nitrogens with two attached hydrogens (primary N) is 1. The highest BCUT2D eigenvalue weighted by Gasteiger charge is 2.58. The van der Waals surface area contributed by atoms with E-state index in [1.54, 1.807) is 20.8 Å². The fraction of sp³-hybridized carbons (Fsp3) is 0.653. The highest BCUT2D eigenvalue weighted by Crippen LogP contribution is 2.38. The third kappa shape index (κ3) is 13.9. The summed E-state index contributed by atoms with van der Waals surface area (Å²) in [5.41, 5.74) is 0.677. The van der Waals surface area contributed by atoms with Gasteiger partial charge in [0.2, 0.25) is 11.8 Å². The maximum Gasteiger partial charge on any atom is 0.352 e. The molecule has 8 heterocycles. The third-order valence-electron chi connectivity index (χ3n) is 14.7. The molecule has 16 unspecified atom stereocenters. The van der Waals surface area contributed by atoms with Gasteiger partial charge in [0.05, 0.1) is 6.54 Å². The second-order valence-corrected chi connectivity index (χ2v) is 21.6. The third-order valence-corrected chi connectivity index (χ3v) is 14.7. The number of aliphatic carboxylic acids is 2. The van der Waals surface area contributed by atoms with Crippen LogP contribution >= 0.6 is 0 Å². The molecule has 2 aromatic heterocycles. The van der Waals surface area contributed by atoms with Gasteiger partial charge in [0.1, 0.15) is 115 Å². The van der Waals surface area contributed by atoms with Crippen LogP contribution in [0.3, 0.4) is 0 Å². The zero-order valence-corrected chi connectivity index (χ0v) is 46.6. The molecule has 2 amide bonds. The first-order chi connectivity index (χ1) is 39.8. The van der Waals surface area contributed by atoms with Gasteiger partial charge in [0, 0.05) is 63.9 Å². The number of aromatic nitrogens is 4. The Balaban J connectivity index is 0.000000247. The van der Waals surface area contributed by atoms with E-state index in [0.717, 1.165) is 43.5 Å². The molecule has 20 atom stereocenters. The Morgan fingerprint density at radius 2 is 1.02 bits per heavy atom. The molecule has 2 aromatic rings. The van der Waals surface area contributed by atoms with E-state index in [9.17, 15) is 94.5 Å². The van der Waals surface area contributed by atoms with Crippen LogP contribution in [0.4, 0.5) is 0 Å². The van der Waals surface area contributed by atoms with E-state index in [0.29, 0.717) is 0 Å². The first-order valence-electron chi connectivity index (χ1n) is 26.2. The Kier molecular flexibility index (Phi) is 20.5. The smallest absolute Gasteiger partial charge is 0.352 e. The van der Waals surface area contributed by atoms with Gasteiger partial charge in [-0.3, -0.25) is 53.1 Å². The van der Waals surface area contributed by atoms with Gasteiger partial charge in [-0.15, -0.1) is 0 Å². The van der Waals surface area contributed by atoms with Crippen LogP contribution in [0.1, 0.15) is 33.2 Å². The van der Waals surface area contributed by atoms with E-state index < -0.39 is 187 Å². The van der Waals surface area contributed by atoms with Crippen LogP contribution < -0.4 is 33.3 Å². The standard InChI is InChI=1S/C27H39N5O14.C22H31N5O12/c1-27(2,3)46-26(42)28-10-12-15(34)18(37)24(43-12)45-19(14-21(38)31(5)11(23(39)40)6-8-30(14)4)20-16(35)17(36)22(44-20)32-9-7-13(33)29-25(32)41;1-25-5-3-8(20(34)35)26(2)18(33)11(25)16(39-21-15(32)12(29)9(7-23)37-21)17-13(30)14(31)19(38-17)27-6-4-10(28)24-22(27)36/h6-7,9,12,14-20,22,24,34-37H,8,10H2,1-5H3,(H,28,42)(H,39,40)(H,29,33,41);3-4,6,9,11-17,19,21,29-32H,5,7,23H2,1-2H3,(H,34,35)(H,24,28,36)/p-1/t12?,14-,15?,16?,17?,18?,19-,20?,22?,24?;9?,11-,12?,13?,14?,15?,16-,17?,19?,21?/m00/s1. The molecule has 36 heteroatoms. The minimum atomic E-state index is -1.85. The molecule has 85 heavy (non-hydrogen) atoms. The van der Waals surface area contributed by atoms with Crippen LogP contribution in [0, 0.1) is 0 Å². The van der Waals surface area contributed by atoms with E-state index in [-0.39, 0.29) is 31.0 Å². The zero-order valence-electron chi connectivity index (χ0n) is 46.6. The fourth-order valence-electron chi connectivity index (χ4n) is 10.3. The molecule has 0 aliphatic carbocycles. The molecule has 8 rings (SSSR count). The summed E-state index contributed by atoms with van der Waals surface area (Å²) < 4.78 is 41.7. The summed E-state index contributed by atoms with van der Waals surface area (Å²) in [5.74, 6) is -4.42. The number of nitrogens with zero attached hydrogens (tertiary/aromatic N) is 7. The van der Waals surface area contributed by atoms with Gasteiger partial charge in [-0.2, -0.15) is 0 Å². The zero-order chi connectivity index (χ0) is 63.0. The molecule has 0 aromatic carbocycles. The van der Waals surface area contributed by atoms with Crippen LogP contribution in [0.15, 0.2) is 72.2 Å². The topological polar surface area (TPSA) is 519 Å². The number of carboxylic acid groups (broad SMARTS) is 2. The van der Waals surface area contributed by atoms with Gasteiger partial charge in [0.25, 0.3) is 11.1 Å². The van der Waals surface area contributed by atoms with Crippen molar-refractivity contribution in [2.24, 2.45) is 10.7 Å². The number of aliphatic hydroxyl groups excluding tert-OH is 8. The summed E-state index contributed by atoms with van der Waals surface area (Å²) in [4.78, 5) is 111. The number of hydrogen-bond acceptors (Lipinski definition) is 28. The molecular weight excluding hydrogens is 1140 g/mol. The van der Waals surface area contributed by atoms with Crippen LogP contribution in [0.5, 0.6) is 0 Å². The Morgan fingerprint density at radius 3 is 1.38 bits per heavy atom. The minimum absolute atomic E-state index is 0.0709. The normalized spacial score (nSPS) is 34.9. The van der Waals surface area contributed by atoms with Crippen molar-refractivity contribution in [1.82, 2.24) is 38.7 Å². The highest BCUT2D eigenvalue weighted by molar-refractivity contribution is 5.96. The highest BCUT2D eigenvalue weighted by atomic mass is 16.7. The number of H-pyrrole nitrogens is 2. The number of aromatic amines is 2. The molecule has 6 aliphatic heterocycles. The van der Waals surface area contributed by atoms with E-state index >= 15 is 0 Å². The maximum absolute atomic E-state index is 13.8. The molecule has 0 spiro atoms. The van der Waals surface area contributed by atoms with E-state index in [1.165, 1.54) is 50.1 Å². The average Bonchev–Trinajstić information content (AvgIpc) is 2.37.